The molecule has 1 fully saturated rings. The molecule has 0 radical (unpaired) electrons. The number of anilines is 1. The fraction of sp³-hybridized carbons (Fsp3) is 0.364. The summed E-state index contributed by atoms with van der Waals surface area (Å²) in [4.78, 5) is 25.9. The minimum absolute atomic E-state index is 0.0287. The average molecular weight is 382 g/mol. The second kappa shape index (κ2) is 8.33. The standard InChI is InChI=1S/C22H26N2O4/c1-22(2,3)28-21(26)23-17-13-20(25)24(14-17)18-9-11-19(12-10-18)27-15-16-7-5-4-6-8-16/h4-12,17H,13-15H2,1-3H3,(H,23,26). The zero-order chi connectivity index (χ0) is 20.1. The molecule has 1 heterocycles. The van der Waals surface area contributed by atoms with E-state index in [4.69, 9.17) is 9.47 Å². The molecule has 1 unspecified atom stereocenters. The molecule has 28 heavy (non-hydrogen) atoms. The van der Waals surface area contributed by atoms with Crippen LogP contribution in [-0.2, 0) is 16.1 Å². The van der Waals surface area contributed by atoms with Crippen molar-refractivity contribution in [1.29, 1.82) is 0 Å². The fourth-order valence-electron chi connectivity index (χ4n) is 2.99. The van der Waals surface area contributed by atoms with Crippen LogP contribution in [0.2, 0.25) is 0 Å². The van der Waals surface area contributed by atoms with Gasteiger partial charge in [0.1, 0.15) is 18.0 Å². The van der Waals surface area contributed by atoms with Gasteiger partial charge in [-0.3, -0.25) is 4.79 Å². The maximum absolute atomic E-state index is 12.4. The average Bonchev–Trinajstić information content (AvgIpc) is 2.99. The molecule has 0 spiro atoms. The van der Waals surface area contributed by atoms with Crippen molar-refractivity contribution in [2.75, 3.05) is 11.4 Å². The zero-order valence-corrected chi connectivity index (χ0v) is 16.5. The van der Waals surface area contributed by atoms with Crippen molar-refractivity contribution in [1.82, 2.24) is 5.32 Å². The van der Waals surface area contributed by atoms with Gasteiger partial charge in [-0.25, -0.2) is 4.79 Å². The Hall–Kier alpha value is -3.02. The summed E-state index contributed by atoms with van der Waals surface area (Å²) in [6.45, 7) is 6.33. The Kier molecular flexibility index (Phi) is 5.87. The summed E-state index contributed by atoms with van der Waals surface area (Å²) in [7, 11) is 0. The molecule has 1 aliphatic rings. The highest BCUT2D eigenvalue weighted by Gasteiger charge is 2.32. The SMILES string of the molecule is CC(C)(C)OC(=O)NC1CC(=O)N(c2ccc(OCc3ccccc3)cc2)C1. The van der Waals surface area contributed by atoms with Crippen molar-refractivity contribution in [2.45, 2.75) is 45.4 Å². The van der Waals surface area contributed by atoms with Gasteiger partial charge < -0.3 is 19.7 Å². The predicted molar refractivity (Wildman–Crippen MR) is 107 cm³/mol. The van der Waals surface area contributed by atoms with Crippen LogP contribution in [0.3, 0.4) is 0 Å². The normalized spacial score (nSPS) is 16.8. The molecule has 6 heteroatoms. The van der Waals surface area contributed by atoms with Gasteiger partial charge in [-0.15, -0.1) is 0 Å². The molecule has 2 amide bonds. The van der Waals surface area contributed by atoms with Crippen molar-refractivity contribution in [3.8, 4) is 5.75 Å². The number of benzene rings is 2. The van der Waals surface area contributed by atoms with Crippen LogP contribution < -0.4 is 15.0 Å². The van der Waals surface area contributed by atoms with Gasteiger partial charge in [-0.05, 0) is 50.6 Å². The van der Waals surface area contributed by atoms with E-state index in [1.165, 1.54) is 0 Å². The van der Waals surface area contributed by atoms with Crippen LogP contribution in [0.25, 0.3) is 0 Å². The third-order valence-electron chi connectivity index (χ3n) is 4.24. The summed E-state index contributed by atoms with van der Waals surface area (Å²) >= 11 is 0. The molecule has 1 saturated heterocycles. The number of ether oxygens (including phenoxy) is 2. The molecule has 0 aromatic heterocycles. The third-order valence-corrected chi connectivity index (χ3v) is 4.24. The summed E-state index contributed by atoms with van der Waals surface area (Å²) in [5, 5.41) is 2.77. The second-order valence-electron chi connectivity index (χ2n) is 7.82. The first kappa shape index (κ1) is 19.7. The number of nitrogens with zero attached hydrogens (tertiary/aromatic N) is 1. The summed E-state index contributed by atoms with van der Waals surface area (Å²) in [6.07, 6.45) is -0.247. The van der Waals surface area contributed by atoms with Crippen molar-refractivity contribution < 1.29 is 19.1 Å². The number of hydrogen-bond acceptors (Lipinski definition) is 4. The molecule has 3 rings (SSSR count). The first-order valence-corrected chi connectivity index (χ1v) is 9.37. The monoisotopic (exact) mass is 382 g/mol. The summed E-state index contributed by atoms with van der Waals surface area (Å²) in [5.41, 5.74) is 1.31. The molecule has 1 N–H and O–H groups in total. The van der Waals surface area contributed by atoms with E-state index in [9.17, 15) is 9.59 Å². The number of alkyl carbamates (subject to hydrolysis) is 1. The molecule has 1 aliphatic heterocycles. The molecule has 0 bridgehead atoms. The fourth-order valence-corrected chi connectivity index (χ4v) is 2.99. The van der Waals surface area contributed by atoms with E-state index < -0.39 is 11.7 Å². The molecule has 6 nitrogen and oxygen atoms in total. The lowest BCUT2D eigenvalue weighted by Gasteiger charge is -2.22. The Morgan fingerprint density at radius 2 is 1.79 bits per heavy atom. The van der Waals surface area contributed by atoms with E-state index >= 15 is 0 Å². The highest BCUT2D eigenvalue weighted by atomic mass is 16.6. The van der Waals surface area contributed by atoms with E-state index in [1.54, 1.807) is 25.7 Å². The lowest BCUT2D eigenvalue weighted by atomic mass is 10.2. The number of amides is 2. The number of carbonyl (C=O) groups is 2. The minimum Gasteiger partial charge on any atom is -0.489 e. The molecule has 2 aromatic carbocycles. The molecule has 2 aromatic rings. The van der Waals surface area contributed by atoms with Crippen LogP contribution in [0, 0.1) is 0 Å². The molecule has 0 aliphatic carbocycles. The maximum Gasteiger partial charge on any atom is 0.407 e. The second-order valence-corrected chi connectivity index (χ2v) is 7.82. The Morgan fingerprint density at radius 3 is 2.43 bits per heavy atom. The van der Waals surface area contributed by atoms with Gasteiger partial charge in [0.2, 0.25) is 5.91 Å². The topological polar surface area (TPSA) is 67.9 Å². The maximum atomic E-state index is 12.4. The Morgan fingerprint density at radius 1 is 1.11 bits per heavy atom. The quantitative estimate of drug-likeness (QED) is 0.852. The van der Waals surface area contributed by atoms with Crippen LogP contribution in [0.1, 0.15) is 32.8 Å². The number of carbonyl (C=O) groups excluding carboxylic acids is 2. The Labute approximate surface area is 165 Å². The van der Waals surface area contributed by atoms with Gasteiger partial charge in [0.05, 0.1) is 6.04 Å². The van der Waals surface area contributed by atoms with Gasteiger partial charge in [-0.1, -0.05) is 30.3 Å². The minimum atomic E-state index is -0.567. The van der Waals surface area contributed by atoms with Gasteiger partial charge in [-0.2, -0.15) is 0 Å². The van der Waals surface area contributed by atoms with Crippen LogP contribution >= 0.6 is 0 Å². The highest BCUT2D eigenvalue weighted by Crippen LogP contribution is 2.25. The number of rotatable bonds is 5. The van der Waals surface area contributed by atoms with Crippen molar-refractivity contribution in [2.24, 2.45) is 0 Å². The third kappa shape index (κ3) is 5.49. The smallest absolute Gasteiger partial charge is 0.407 e. The van der Waals surface area contributed by atoms with Gasteiger partial charge in [0.15, 0.2) is 0 Å². The van der Waals surface area contributed by atoms with E-state index in [0.29, 0.717) is 13.2 Å². The lowest BCUT2D eigenvalue weighted by molar-refractivity contribution is -0.117. The molecule has 0 saturated carbocycles. The first-order valence-electron chi connectivity index (χ1n) is 9.37. The van der Waals surface area contributed by atoms with Crippen LogP contribution in [0.5, 0.6) is 5.75 Å². The van der Waals surface area contributed by atoms with E-state index in [0.717, 1.165) is 17.0 Å². The van der Waals surface area contributed by atoms with E-state index in [-0.39, 0.29) is 18.4 Å². The van der Waals surface area contributed by atoms with Gasteiger partial charge in [0.25, 0.3) is 0 Å². The molecular weight excluding hydrogens is 356 g/mol. The van der Waals surface area contributed by atoms with Crippen LogP contribution in [0.15, 0.2) is 54.6 Å². The van der Waals surface area contributed by atoms with Crippen molar-refractivity contribution >= 4 is 17.7 Å². The lowest BCUT2D eigenvalue weighted by Crippen LogP contribution is -2.40. The summed E-state index contributed by atoms with van der Waals surface area (Å²) < 4.78 is 11.0. The summed E-state index contributed by atoms with van der Waals surface area (Å²) in [5.74, 6) is 0.710. The Bertz CT molecular complexity index is 813. The molecule has 148 valence electrons. The zero-order valence-electron chi connectivity index (χ0n) is 16.5. The van der Waals surface area contributed by atoms with Gasteiger partial charge in [0, 0.05) is 18.7 Å². The first-order chi connectivity index (χ1) is 13.3. The predicted octanol–water partition coefficient (Wildman–Crippen LogP) is 3.90. The van der Waals surface area contributed by atoms with E-state index in [1.807, 2.05) is 54.6 Å². The largest absolute Gasteiger partial charge is 0.489 e. The van der Waals surface area contributed by atoms with Crippen molar-refractivity contribution in [3.63, 3.8) is 0 Å². The van der Waals surface area contributed by atoms with Crippen molar-refractivity contribution in [3.05, 3.63) is 60.2 Å². The summed E-state index contributed by atoms with van der Waals surface area (Å²) in [6, 6.07) is 17.1. The Balaban J connectivity index is 1.55. The van der Waals surface area contributed by atoms with E-state index in [2.05, 4.69) is 5.32 Å². The van der Waals surface area contributed by atoms with Crippen LogP contribution in [-0.4, -0.2) is 30.2 Å². The van der Waals surface area contributed by atoms with Gasteiger partial charge >= 0.3 is 6.09 Å². The molecular formula is C22H26N2O4. The van der Waals surface area contributed by atoms with Crippen LogP contribution in [0.4, 0.5) is 10.5 Å². The highest BCUT2D eigenvalue weighted by molar-refractivity contribution is 5.96. The number of nitrogens with one attached hydrogen (secondary N) is 1. The molecule has 1 atom stereocenters. The number of hydrogen-bond donors (Lipinski definition) is 1.